The Hall–Kier alpha value is -3.52. The second-order valence-electron chi connectivity index (χ2n) is 9.24. The largest absolute Gasteiger partial charge is 0.872 e. The second-order valence-corrected chi connectivity index (χ2v) is 9.24. The van der Waals surface area contributed by atoms with Crippen molar-refractivity contribution in [3.05, 3.63) is 59.2 Å². The van der Waals surface area contributed by atoms with Crippen LogP contribution in [0.2, 0.25) is 0 Å². The van der Waals surface area contributed by atoms with Gasteiger partial charge in [-0.05, 0) is 29.7 Å². The van der Waals surface area contributed by atoms with Crippen molar-refractivity contribution in [2.75, 3.05) is 48.0 Å². The second kappa shape index (κ2) is 11.3. The van der Waals surface area contributed by atoms with Crippen LogP contribution in [0.3, 0.4) is 0 Å². The molecule has 1 N–H and O–H groups in total. The molecule has 1 aliphatic heterocycles. The molecule has 0 aromatic heterocycles. The number of carbonyl (C=O) groups excluding carboxylic acids is 2. The number of ether oxygens (including phenoxy) is 3. The van der Waals surface area contributed by atoms with Gasteiger partial charge in [0.05, 0.1) is 54.1 Å². The predicted octanol–water partition coefficient (Wildman–Crippen LogP) is 1.11. The van der Waals surface area contributed by atoms with Gasteiger partial charge in [0.1, 0.15) is 5.75 Å². The number of likely N-dealkylation sites (N-methyl/N-ethyl adjacent to an activating group) is 1. The number of ketones is 1. The van der Waals surface area contributed by atoms with Crippen LogP contribution in [-0.2, 0) is 9.59 Å². The van der Waals surface area contributed by atoms with Crippen LogP contribution in [0.25, 0.3) is 5.76 Å². The summed E-state index contributed by atoms with van der Waals surface area (Å²) in [5.74, 6) is -0.146. The minimum Gasteiger partial charge on any atom is -0.872 e. The zero-order valence-corrected chi connectivity index (χ0v) is 21.2. The first-order valence-electron chi connectivity index (χ1n) is 11.7. The number of likely N-dealkylation sites (tertiary alicyclic amines) is 1. The fourth-order valence-electron chi connectivity index (χ4n) is 4.02. The van der Waals surface area contributed by atoms with E-state index in [4.69, 9.17) is 14.2 Å². The number of hydrogen-bond donors (Lipinski definition) is 1. The minimum absolute atomic E-state index is 0.0915. The molecule has 1 amide bonds. The number of amides is 1. The van der Waals surface area contributed by atoms with Crippen LogP contribution in [0, 0.1) is 5.92 Å². The first-order valence-corrected chi connectivity index (χ1v) is 11.7. The van der Waals surface area contributed by atoms with Gasteiger partial charge in [-0.15, -0.1) is 0 Å². The van der Waals surface area contributed by atoms with Crippen molar-refractivity contribution in [1.82, 2.24) is 4.90 Å². The van der Waals surface area contributed by atoms with Gasteiger partial charge in [-0.2, -0.15) is 0 Å². The molecule has 1 aliphatic rings. The molecule has 3 rings (SSSR count). The molecule has 0 saturated carbocycles. The van der Waals surface area contributed by atoms with Crippen molar-refractivity contribution in [1.29, 1.82) is 0 Å². The third kappa shape index (κ3) is 5.59. The van der Waals surface area contributed by atoms with Gasteiger partial charge >= 0.3 is 0 Å². The number of para-hydroxylation sites is 1. The monoisotopic (exact) mass is 482 g/mol. The van der Waals surface area contributed by atoms with Crippen LogP contribution in [0.1, 0.15) is 31.0 Å². The van der Waals surface area contributed by atoms with Crippen LogP contribution in [-0.4, -0.2) is 64.6 Å². The highest BCUT2D eigenvalue weighted by molar-refractivity contribution is 6.46. The van der Waals surface area contributed by atoms with Crippen molar-refractivity contribution >= 4 is 17.4 Å². The first kappa shape index (κ1) is 26.1. The Bertz CT molecular complexity index is 1090. The first-order chi connectivity index (χ1) is 16.7. The van der Waals surface area contributed by atoms with Gasteiger partial charge < -0.3 is 29.1 Å². The molecule has 8 heteroatoms. The van der Waals surface area contributed by atoms with Gasteiger partial charge in [-0.25, -0.2) is 0 Å². The summed E-state index contributed by atoms with van der Waals surface area (Å²) in [6.45, 7) is 5.56. The lowest BCUT2D eigenvalue weighted by atomic mass is 9.94. The van der Waals surface area contributed by atoms with Crippen LogP contribution >= 0.6 is 0 Å². The lowest BCUT2D eigenvalue weighted by Gasteiger charge is -2.29. The Labute approximate surface area is 206 Å². The van der Waals surface area contributed by atoms with Crippen LogP contribution in [0.15, 0.2) is 48.0 Å². The van der Waals surface area contributed by atoms with E-state index in [-0.39, 0.29) is 5.57 Å². The number of carbonyl (C=O) groups is 2. The molecule has 1 fully saturated rings. The van der Waals surface area contributed by atoms with E-state index in [9.17, 15) is 14.7 Å². The van der Waals surface area contributed by atoms with Gasteiger partial charge in [0.15, 0.2) is 11.5 Å². The topological polar surface area (TPSA) is 92.6 Å². The quantitative estimate of drug-likeness (QED) is 0.310. The number of quaternary nitrogens is 1. The van der Waals surface area contributed by atoms with E-state index < -0.39 is 23.5 Å². The Morgan fingerprint density at radius 3 is 2.31 bits per heavy atom. The Kier molecular flexibility index (Phi) is 8.40. The molecule has 0 radical (unpaired) electrons. The summed E-state index contributed by atoms with van der Waals surface area (Å²) in [7, 11) is 6.93. The zero-order valence-electron chi connectivity index (χ0n) is 21.2. The number of Topliss-reactive ketones (excluding diaryl/α,β-unsaturated/α-hetero) is 1. The molecule has 1 saturated heterocycles. The highest BCUT2D eigenvalue weighted by atomic mass is 16.5. The van der Waals surface area contributed by atoms with E-state index in [1.165, 1.54) is 19.1 Å². The highest BCUT2D eigenvalue weighted by Gasteiger charge is 2.45. The van der Waals surface area contributed by atoms with Crippen LogP contribution < -0.4 is 24.2 Å². The van der Waals surface area contributed by atoms with E-state index in [0.717, 1.165) is 4.90 Å². The summed E-state index contributed by atoms with van der Waals surface area (Å²) < 4.78 is 16.7. The molecule has 2 aromatic carbocycles. The smallest absolute Gasteiger partial charge is 0.295 e. The highest BCUT2D eigenvalue weighted by Crippen LogP contribution is 2.44. The summed E-state index contributed by atoms with van der Waals surface area (Å²) in [4.78, 5) is 28.9. The summed E-state index contributed by atoms with van der Waals surface area (Å²) in [5, 5.41) is 13.6. The van der Waals surface area contributed by atoms with Crippen molar-refractivity contribution in [2.24, 2.45) is 5.92 Å². The number of methoxy groups -OCH3 is 2. The van der Waals surface area contributed by atoms with Gasteiger partial charge in [0.25, 0.3) is 5.91 Å². The van der Waals surface area contributed by atoms with Crippen molar-refractivity contribution in [2.45, 2.75) is 19.9 Å². The number of nitrogens with one attached hydrogen (secondary N) is 1. The fourth-order valence-corrected chi connectivity index (χ4v) is 4.02. The molecular formula is C27H34N2O6. The van der Waals surface area contributed by atoms with Gasteiger partial charge in [0.2, 0.25) is 5.78 Å². The standard InChI is InChI=1S/C27H34N2O6/c1-17(2)16-35-19-12-10-18(11-13-19)24(30)22-23(20-8-7-9-21(33-5)26(20)34-6)29(15-14-28(3)4)27(32)25(22)31/h7-13,17,23,30H,14-16H2,1-6H3/b24-22+. The average Bonchev–Trinajstić information content (AvgIpc) is 3.10. The predicted molar refractivity (Wildman–Crippen MR) is 130 cm³/mol. The number of hydrogen-bond acceptors (Lipinski definition) is 6. The molecule has 0 aliphatic carbocycles. The normalized spacial score (nSPS) is 17.4. The molecule has 35 heavy (non-hydrogen) atoms. The Balaban J connectivity index is 2.13. The fraction of sp³-hybridized carbons (Fsp3) is 0.407. The van der Waals surface area contributed by atoms with Crippen LogP contribution in [0.4, 0.5) is 0 Å². The van der Waals surface area contributed by atoms with Crippen molar-refractivity contribution < 1.29 is 33.8 Å². The molecule has 188 valence electrons. The molecule has 1 unspecified atom stereocenters. The van der Waals surface area contributed by atoms with Crippen molar-refractivity contribution in [3.8, 4) is 17.2 Å². The summed E-state index contributed by atoms with van der Waals surface area (Å²) in [6.07, 6.45) is 0. The minimum atomic E-state index is -0.885. The third-order valence-corrected chi connectivity index (χ3v) is 5.81. The molecule has 1 heterocycles. The maximum atomic E-state index is 13.6. The molecule has 1 atom stereocenters. The Morgan fingerprint density at radius 1 is 1.06 bits per heavy atom. The number of rotatable bonds is 10. The average molecular weight is 483 g/mol. The van der Waals surface area contributed by atoms with E-state index in [1.54, 1.807) is 42.5 Å². The van der Waals surface area contributed by atoms with Crippen LogP contribution in [0.5, 0.6) is 17.2 Å². The maximum absolute atomic E-state index is 13.6. The lowest BCUT2D eigenvalue weighted by Crippen LogP contribution is -3.06. The van der Waals surface area contributed by atoms with E-state index >= 15 is 0 Å². The van der Waals surface area contributed by atoms with E-state index in [1.807, 2.05) is 27.9 Å². The number of nitrogens with zero attached hydrogens (tertiary/aromatic N) is 1. The van der Waals surface area contributed by atoms with Crippen molar-refractivity contribution in [3.63, 3.8) is 0 Å². The summed E-state index contributed by atoms with van der Waals surface area (Å²) >= 11 is 0. The zero-order chi connectivity index (χ0) is 25.7. The summed E-state index contributed by atoms with van der Waals surface area (Å²) in [5.41, 5.74) is 0.746. The van der Waals surface area contributed by atoms with E-state index in [0.29, 0.717) is 54.0 Å². The third-order valence-electron chi connectivity index (χ3n) is 5.81. The van der Waals surface area contributed by atoms with Gasteiger partial charge in [-0.1, -0.05) is 43.9 Å². The lowest BCUT2D eigenvalue weighted by molar-refractivity contribution is -0.857. The number of benzene rings is 2. The van der Waals surface area contributed by atoms with Gasteiger partial charge in [0, 0.05) is 11.1 Å². The maximum Gasteiger partial charge on any atom is 0.295 e. The molecular weight excluding hydrogens is 448 g/mol. The SMILES string of the molecule is COc1cccc(C2/C(=C(\[O-])c3ccc(OCC(C)C)cc3)C(=O)C(=O)N2CC[NH+](C)C)c1OC. The summed E-state index contributed by atoms with van der Waals surface area (Å²) in [6, 6.07) is 11.0. The molecule has 8 nitrogen and oxygen atoms in total. The molecule has 2 aromatic rings. The van der Waals surface area contributed by atoms with E-state index in [2.05, 4.69) is 0 Å². The van der Waals surface area contributed by atoms with Gasteiger partial charge in [-0.3, -0.25) is 9.59 Å². The molecule has 0 bridgehead atoms. The Morgan fingerprint density at radius 2 is 1.74 bits per heavy atom. The molecule has 0 spiro atoms.